The van der Waals surface area contributed by atoms with Crippen molar-refractivity contribution in [2.24, 2.45) is 0 Å². The molecule has 0 saturated carbocycles. The summed E-state index contributed by atoms with van der Waals surface area (Å²) in [5.41, 5.74) is 1.40. The summed E-state index contributed by atoms with van der Waals surface area (Å²) < 4.78 is 0. The van der Waals surface area contributed by atoms with E-state index in [0.717, 1.165) is 0 Å². The van der Waals surface area contributed by atoms with E-state index in [1.165, 1.54) is 17.2 Å². The molecule has 1 amide bonds. The fourth-order valence-electron chi connectivity index (χ4n) is 1.90. The van der Waals surface area contributed by atoms with E-state index < -0.39 is 0 Å². The summed E-state index contributed by atoms with van der Waals surface area (Å²) in [7, 11) is 0. The number of carbonyl (C=O) groups excluding carboxylic acids is 1. The first-order valence-corrected chi connectivity index (χ1v) is 6.20. The molecule has 2 rings (SSSR count). The highest BCUT2D eigenvalue weighted by Gasteiger charge is 2.20. The molecule has 1 heterocycles. The number of aromatic hydroxyl groups is 1. The molecule has 2 aromatic rings. The molecule has 0 aliphatic heterocycles. The van der Waals surface area contributed by atoms with E-state index in [1.807, 2.05) is 6.92 Å². The molecule has 20 heavy (non-hydrogen) atoms. The van der Waals surface area contributed by atoms with Crippen molar-refractivity contribution >= 4 is 11.6 Å². The normalized spacial score (nSPS) is 9.80. The lowest BCUT2D eigenvalue weighted by atomic mass is 10.2. The lowest BCUT2D eigenvalue weighted by molar-refractivity contribution is 0.0980. The minimum absolute atomic E-state index is 0.0282. The van der Waals surface area contributed by atoms with Crippen LogP contribution in [0.15, 0.2) is 42.6 Å². The number of benzene rings is 1. The lowest BCUT2D eigenvalue weighted by Gasteiger charge is -2.21. The first-order chi connectivity index (χ1) is 9.67. The monoisotopic (exact) mass is 266 g/mol. The molecule has 0 bridgehead atoms. The van der Waals surface area contributed by atoms with E-state index in [-0.39, 0.29) is 17.4 Å². The van der Waals surface area contributed by atoms with Gasteiger partial charge in [-0.15, -0.1) is 6.42 Å². The first kappa shape index (κ1) is 13.6. The van der Waals surface area contributed by atoms with Gasteiger partial charge in [0.15, 0.2) is 5.69 Å². The van der Waals surface area contributed by atoms with Gasteiger partial charge in [-0.3, -0.25) is 4.79 Å². The van der Waals surface area contributed by atoms with Crippen LogP contribution < -0.4 is 4.90 Å². The van der Waals surface area contributed by atoms with Crippen molar-refractivity contribution in [1.29, 1.82) is 0 Å². The van der Waals surface area contributed by atoms with Gasteiger partial charge in [-0.2, -0.15) is 0 Å². The van der Waals surface area contributed by atoms with Crippen molar-refractivity contribution in [1.82, 2.24) is 4.98 Å². The maximum Gasteiger partial charge on any atom is 0.280 e. The maximum atomic E-state index is 12.4. The number of terminal acetylenes is 1. The van der Waals surface area contributed by atoms with Crippen LogP contribution in [0.25, 0.3) is 0 Å². The third kappa shape index (κ3) is 2.62. The molecule has 4 nitrogen and oxygen atoms in total. The molecule has 1 aromatic carbocycles. The van der Waals surface area contributed by atoms with Crippen LogP contribution in [0.5, 0.6) is 5.75 Å². The Labute approximate surface area is 117 Å². The van der Waals surface area contributed by atoms with Gasteiger partial charge in [0.05, 0.1) is 0 Å². The molecule has 100 valence electrons. The molecule has 0 saturated heterocycles. The summed E-state index contributed by atoms with van der Waals surface area (Å²) in [5.74, 6) is 2.04. The van der Waals surface area contributed by atoms with Crippen molar-refractivity contribution in [3.8, 4) is 18.1 Å². The van der Waals surface area contributed by atoms with Gasteiger partial charge in [0, 0.05) is 24.0 Å². The smallest absolute Gasteiger partial charge is 0.280 e. The number of amides is 1. The zero-order valence-electron chi connectivity index (χ0n) is 11.1. The standard InChI is InChI=1S/C16H14N2O2/c1-3-12-7-5-8-13(11-12)18(4-2)16(20)15-14(19)9-6-10-17-15/h1,5-11,19H,4H2,2H3. The van der Waals surface area contributed by atoms with Gasteiger partial charge in [-0.05, 0) is 37.3 Å². The predicted molar refractivity (Wildman–Crippen MR) is 77.6 cm³/mol. The van der Waals surface area contributed by atoms with Gasteiger partial charge >= 0.3 is 0 Å². The van der Waals surface area contributed by atoms with Crippen LogP contribution in [0.2, 0.25) is 0 Å². The van der Waals surface area contributed by atoms with Crippen molar-refractivity contribution < 1.29 is 9.90 Å². The average Bonchev–Trinajstić information content (AvgIpc) is 2.48. The number of anilines is 1. The topological polar surface area (TPSA) is 53.4 Å². The van der Waals surface area contributed by atoms with Crippen LogP contribution in [-0.2, 0) is 0 Å². The Morgan fingerprint density at radius 2 is 2.20 bits per heavy atom. The highest BCUT2D eigenvalue weighted by atomic mass is 16.3. The summed E-state index contributed by atoms with van der Waals surface area (Å²) in [5, 5.41) is 9.73. The van der Waals surface area contributed by atoms with E-state index in [0.29, 0.717) is 17.8 Å². The van der Waals surface area contributed by atoms with Gasteiger partial charge in [0.1, 0.15) is 5.75 Å². The third-order valence-electron chi connectivity index (χ3n) is 2.87. The largest absolute Gasteiger partial charge is 0.505 e. The molecule has 0 aliphatic rings. The minimum Gasteiger partial charge on any atom is -0.505 e. The Hall–Kier alpha value is -2.80. The molecule has 0 spiro atoms. The Morgan fingerprint density at radius 1 is 1.40 bits per heavy atom. The predicted octanol–water partition coefficient (Wildman–Crippen LogP) is 2.44. The van der Waals surface area contributed by atoms with Crippen molar-refractivity contribution in [2.75, 3.05) is 11.4 Å². The highest BCUT2D eigenvalue weighted by Crippen LogP contribution is 2.21. The molecule has 0 radical (unpaired) electrons. The Kier molecular flexibility index (Phi) is 4.02. The Balaban J connectivity index is 2.40. The minimum atomic E-state index is -0.361. The van der Waals surface area contributed by atoms with Gasteiger partial charge in [-0.25, -0.2) is 4.98 Å². The fourth-order valence-corrected chi connectivity index (χ4v) is 1.90. The van der Waals surface area contributed by atoms with Crippen LogP contribution in [0, 0.1) is 12.3 Å². The summed E-state index contributed by atoms with van der Waals surface area (Å²) >= 11 is 0. The second-order valence-corrected chi connectivity index (χ2v) is 4.12. The zero-order chi connectivity index (χ0) is 14.5. The number of hydrogen-bond donors (Lipinski definition) is 1. The van der Waals surface area contributed by atoms with Crippen LogP contribution >= 0.6 is 0 Å². The summed E-state index contributed by atoms with van der Waals surface area (Å²) in [6.07, 6.45) is 6.84. The lowest BCUT2D eigenvalue weighted by Crippen LogP contribution is -2.31. The van der Waals surface area contributed by atoms with Crippen molar-refractivity contribution in [3.63, 3.8) is 0 Å². The number of rotatable bonds is 3. The van der Waals surface area contributed by atoms with Crippen LogP contribution in [0.1, 0.15) is 23.0 Å². The van der Waals surface area contributed by atoms with Gasteiger partial charge in [-0.1, -0.05) is 12.0 Å². The summed E-state index contributed by atoms with van der Waals surface area (Å²) in [6, 6.07) is 10.1. The number of hydrogen-bond acceptors (Lipinski definition) is 3. The van der Waals surface area contributed by atoms with E-state index >= 15 is 0 Å². The summed E-state index contributed by atoms with van der Waals surface area (Å²) in [4.78, 5) is 17.9. The number of pyridine rings is 1. The number of carbonyl (C=O) groups is 1. The van der Waals surface area contributed by atoms with Crippen molar-refractivity contribution in [3.05, 3.63) is 53.9 Å². The van der Waals surface area contributed by atoms with Crippen LogP contribution in [0.3, 0.4) is 0 Å². The van der Waals surface area contributed by atoms with E-state index in [2.05, 4.69) is 10.9 Å². The van der Waals surface area contributed by atoms with E-state index in [4.69, 9.17) is 6.42 Å². The maximum absolute atomic E-state index is 12.4. The zero-order valence-corrected chi connectivity index (χ0v) is 11.1. The average molecular weight is 266 g/mol. The molecule has 0 aliphatic carbocycles. The second-order valence-electron chi connectivity index (χ2n) is 4.12. The second kappa shape index (κ2) is 5.89. The van der Waals surface area contributed by atoms with E-state index in [1.54, 1.807) is 30.3 Å². The molecular weight excluding hydrogens is 252 g/mol. The molecule has 0 unspecified atom stereocenters. The Morgan fingerprint density at radius 3 is 2.85 bits per heavy atom. The van der Waals surface area contributed by atoms with Crippen LogP contribution in [0.4, 0.5) is 5.69 Å². The fraction of sp³-hybridized carbons (Fsp3) is 0.125. The van der Waals surface area contributed by atoms with Crippen LogP contribution in [-0.4, -0.2) is 22.5 Å². The molecular formula is C16H14N2O2. The quantitative estimate of drug-likeness (QED) is 0.868. The molecule has 0 fully saturated rings. The molecule has 4 heteroatoms. The number of nitrogens with zero attached hydrogens (tertiary/aromatic N) is 2. The molecule has 0 atom stereocenters. The van der Waals surface area contributed by atoms with Gasteiger partial charge < -0.3 is 10.0 Å². The number of aromatic nitrogens is 1. The van der Waals surface area contributed by atoms with Crippen molar-refractivity contribution in [2.45, 2.75) is 6.92 Å². The summed E-state index contributed by atoms with van der Waals surface area (Å²) in [6.45, 7) is 2.29. The van der Waals surface area contributed by atoms with Gasteiger partial charge in [0.2, 0.25) is 0 Å². The first-order valence-electron chi connectivity index (χ1n) is 6.20. The molecule has 1 N–H and O–H groups in total. The highest BCUT2D eigenvalue weighted by molar-refractivity contribution is 6.06. The third-order valence-corrected chi connectivity index (χ3v) is 2.87. The van der Waals surface area contributed by atoms with Gasteiger partial charge in [0.25, 0.3) is 5.91 Å². The SMILES string of the molecule is C#Cc1cccc(N(CC)C(=O)c2ncccc2O)c1. The molecule has 1 aromatic heterocycles. The van der Waals surface area contributed by atoms with E-state index in [9.17, 15) is 9.90 Å². The Bertz CT molecular complexity index is 674.